The Balaban J connectivity index is 2.06. The fraction of sp³-hybridized carbons (Fsp3) is 0.357. The van der Waals surface area contributed by atoms with E-state index >= 15 is 0 Å². The van der Waals surface area contributed by atoms with Crippen LogP contribution in [0.25, 0.3) is 0 Å². The van der Waals surface area contributed by atoms with Crippen molar-refractivity contribution in [1.82, 2.24) is 10.2 Å². The van der Waals surface area contributed by atoms with Gasteiger partial charge in [0, 0.05) is 13.1 Å². The lowest BCUT2D eigenvalue weighted by Crippen LogP contribution is -2.58. The number of carbonyl (C=O) groups is 3. The number of para-hydroxylation sites is 1. The molecule has 1 aliphatic rings. The predicted molar refractivity (Wildman–Crippen MR) is 83.9 cm³/mol. The lowest BCUT2D eigenvalue weighted by molar-refractivity contribution is -0.143. The van der Waals surface area contributed by atoms with Gasteiger partial charge >= 0.3 is 0 Å². The van der Waals surface area contributed by atoms with Gasteiger partial charge in [-0.25, -0.2) is 0 Å². The molecule has 1 unspecified atom stereocenters. The maximum Gasteiger partial charge on any atom is 0.243 e. The van der Waals surface area contributed by atoms with Crippen molar-refractivity contribution in [3.8, 4) is 0 Å². The zero-order chi connectivity index (χ0) is 16.1. The SMILES string of the molecule is O=C(CC1C(=O)NCCN1C(=O)CCl)Nc1ccccc1Cl. The molecular formula is C14H15Cl2N3O3. The number of hydrogen-bond acceptors (Lipinski definition) is 3. The van der Waals surface area contributed by atoms with Crippen LogP contribution in [0.5, 0.6) is 0 Å². The molecule has 0 bridgehead atoms. The summed E-state index contributed by atoms with van der Waals surface area (Å²) in [7, 11) is 0. The highest BCUT2D eigenvalue weighted by atomic mass is 35.5. The van der Waals surface area contributed by atoms with Crippen molar-refractivity contribution in [1.29, 1.82) is 0 Å². The lowest BCUT2D eigenvalue weighted by atomic mass is 10.1. The molecule has 0 spiro atoms. The molecule has 1 fully saturated rings. The third kappa shape index (κ3) is 3.90. The minimum absolute atomic E-state index is 0.153. The quantitative estimate of drug-likeness (QED) is 0.807. The summed E-state index contributed by atoms with van der Waals surface area (Å²) in [6, 6.07) is 5.92. The summed E-state index contributed by atoms with van der Waals surface area (Å²) in [5.74, 6) is -1.36. The van der Waals surface area contributed by atoms with Gasteiger partial charge in [-0.15, -0.1) is 11.6 Å². The van der Waals surface area contributed by atoms with E-state index < -0.39 is 11.9 Å². The molecule has 1 aromatic carbocycles. The van der Waals surface area contributed by atoms with Crippen LogP contribution in [-0.2, 0) is 14.4 Å². The van der Waals surface area contributed by atoms with E-state index in [0.29, 0.717) is 23.8 Å². The van der Waals surface area contributed by atoms with E-state index in [-0.39, 0.29) is 24.1 Å². The molecule has 22 heavy (non-hydrogen) atoms. The van der Waals surface area contributed by atoms with Gasteiger partial charge < -0.3 is 15.5 Å². The molecule has 8 heteroatoms. The Morgan fingerprint density at radius 2 is 2.09 bits per heavy atom. The van der Waals surface area contributed by atoms with Crippen molar-refractivity contribution in [3.63, 3.8) is 0 Å². The minimum Gasteiger partial charge on any atom is -0.353 e. The molecule has 1 heterocycles. The fourth-order valence-corrected chi connectivity index (χ4v) is 2.57. The number of carbonyl (C=O) groups excluding carboxylic acids is 3. The Morgan fingerprint density at radius 1 is 1.36 bits per heavy atom. The van der Waals surface area contributed by atoms with Crippen LogP contribution < -0.4 is 10.6 Å². The van der Waals surface area contributed by atoms with Gasteiger partial charge in [-0.2, -0.15) is 0 Å². The maximum atomic E-state index is 12.1. The molecule has 1 aromatic rings. The first-order chi connectivity index (χ1) is 10.5. The fourth-order valence-electron chi connectivity index (χ4n) is 2.23. The number of piperazine rings is 1. The van der Waals surface area contributed by atoms with E-state index in [1.807, 2.05) is 0 Å². The molecule has 1 aliphatic heterocycles. The summed E-state index contributed by atoms with van der Waals surface area (Å²) in [5.41, 5.74) is 0.459. The van der Waals surface area contributed by atoms with Crippen LogP contribution in [0.15, 0.2) is 24.3 Å². The highest BCUT2D eigenvalue weighted by Crippen LogP contribution is 2.21. The Kier molecular flexibility index (Phi) is 5.63. The Hall–Kier alpha value is -1.79. The topological polar surface area (TPSA) is 78.5 Å². The van der Waals surface area contributed by atoms with Gasteiger partial charge in [0.15, 0.2) is 0 Å². The van der Waals surface area contributed by atoms with E-state index in [1.165, 1.54) is 4.90 Å². The van der Waals surface area contributed by atoms with Gasteiger partial charge in [0.05, 0.1) is 17.1 Å². The monoisotopic (exact) mass is 343 g/mol. The van der Waals surface area contributed by atoms with Gasteiger partial charge in [-0.3, -0.25) is 14.4 Å². The second-order valence-corrected chi connectivity index (χ2v) is 5.43. The summed E-state index contributed by atoms with van der Waals surface area (Å²) in [6.45, 7) is 0.686. The van der Waals surface area contributed by atoms with Crippen LogP contribution >= 0.6 is 23.2 Å². The molecule has 1 atom stereocenters. The van der Waals surface area contributed by atoms with Crippen LogP contribution in [0.1, 0.15) is 6.42 Å². The molecular weight excluding hydrogens is 329 g/mol. The molecule has 1 saturated heterocycles. The third-order valence-corrected chi connectivity index (χ3v) is 3.85. The highest BCUT2D eigenvalue weighted by molar-refractivity contribution is 6.33. The maximum absolute atomic E-state index is 12.1. The van der Waals surface area contributed by atoms with Crippen LogP contribution in [-0.4, -0.2) is 47.6 Å². The average Bonchev–Trinajstić information content (AvgIpc) is 2.51. The van der Waals surface area contributed by atoms with Crippen molar-refractivity contribution in [3.05, 3.63) is 29.3 Å². The van der Waals surface area contributed by atoms with Crippen molar-refractivity contribution in [2.75, 3.05) is 24.3 Å². The lowest BCUT2D eigenvalue weighted by Gasteiger charge is -2.34. The summed E-state index contributed by atoms with van der Waals surface area (Å²) < 4.78 is 0. The normalized spacial score (nSPS) is 17.8. The van der Waals surface area contributed by atoms with Crippen molar-refractivity contribution >= 4 is 46.6 Å². The molecule has 118 valence electrons. The van der Waals surface area contributed by atoms with Crippen LogP contribution in [0, 0.1) is 0 Å². The Bertz CT molecular complexity index is 594. The van der Waals surface area contributed by atoms with Crippen LogP contribution in [0.3, 0.4) is 0 Å². The zero-order valence-electron chi connectivity index (χ0n) is 11.6. The van der Waals surface area contributed by atoms with E-state index in [4.69, 9.17) is 23.2 Å². The molecule has 0 aromatic heterocycles. The largest absolute Gasteiger partial charge is 0.353 e. The highest BCUT2D eigenvalue weighted by Gasteiger charge is 2.34. The number of amides is 3. The van der Waals surface area contributed by atoms with Crippen molar-refractivity contribution in [2.24, 2.45) is 0 Å². The average molecular weight is 344 g/mol. The number of rotatable bonds is 4. The van der Waals surface area contributed by atoms with E-state index in [1.54, 1.807) is 24.3 Å². The van der Waals surface area contributed by atoms with E-state index in [0.717, 1.165) is 0 Å². The molecule has 0 radical (unpaired) electrons. The van der Waals surface area contributed by atoms with Gasteiger partial charge in [0.2, 0.25) is 17.7 Å². The molecule has 2 rings (SSSR count). The number of nitrogens with zero attached hydrogens (tertiary/aromatic N) is 1. The van der Waals surface area contributed by atoms with Crippen LogP contribution in [0.2, 0.25) is 5.02 Å². The standard InChI is InChI=1S/C14H15Cl2N3O3/c15-8-13(21)19-6-5-17-14(22)11(19)7-12(20)18-10-4-2-1-3-9(10)16/h1-4,11H,5-8H2,(H,17,22)(H,18,20). The second-order valence-electron chi connectivity index (χ2n) is 4.76. The first kappa shape index (κ1) is 16.6. The Labute approximate surface area is 137 Å². The predicted octanol–water partition coefficient (Wildman–Crippen LogP) is 1.23. The molecule has 2 N–H and O–H groups in total. The summed E-state index contributed by atoms with van der Waals surface area (Å²) in [4.78, 5) is 37.1. The second kappa shape index (κ2) is 7.47. The summed E-state index contributed by atoms with van der Waals surface area (Å²) in [6.07, 6.45) is -0.153. The number of anilines is 1. The first-order valence-corrected chi connectivity index (χ1v) is 7.61. The van der Waals surface area contributed by atoms with Crippen molar-refractivity contribution in [2.45, 2.75) is 12.5 Å². The minimum atomic E-state index is -0.859. The van der Waals surface area contributed by atoms with Gasteiger partial charge in [0.1, 0.15) is 11.9 Å². The number of halogens is 2. The third-order valence-electron chi connectivity index (χ3n) is 3.29. The number of alkyl halides is 1. The number of benzene rings is 1. The molecule has 0 saturated carbocycles. The summed E-state index contributed by atoms with van der Waals surface area (Å²) >= 11 is 11.5. The zero-order valence-corrected chi connectivity index (χ0v) is 13.2. The van der Waals surface area contributed by atoms with E-state index in [2.05, 4.69) is 10.6 Å². The Morgan fingerprint density at radius 3 is 2.77 bits per heavy atom. The first-order valence-electron chi connectivity index (χ1n) is 6.70. The van der Waals surface area contributed by atoms with E-state index in [9.17, 15) is 14.4 Å². The molecule has 6 nitrogen and oxygen atoms in total. The molecule has 3 amide bonds. The van der Waals surface area contributed by atoms with Gasteiger partial charge in [-0.1, -0.05) is 23.7 Å². The van der Waals surface area contributed by atoms with Gasteiger partial charge in [-0.05, 0) is 12.1 Å². The summed E-state index contributed by atoms with van der Waals surface area (Å²) in [5, 5.41) is 5.67. The number of nitrogens with one attached hydrogen (secondary N) is 2. The van der Waals surface area contributed by atoms with Gasteiger partial charge in [0.25, 0.3) is 0 Å². The van der Waals surface area contributed by atoms with Crippen LogP contribution in [0.4, 0.5) is 5.69 Å². The number of hydrogen-bond donors (Lipinski definition) is 2. The smallest absolute Gasteiger partial charge is 0.243 e. The molecule has 0 aliphatic carbocycles. The van der Waals surface area contributed by atoms with Crippen molar-refractivity contribution < 1.29 is 14.4 Å².